The van der Waals surface area contributed by atoms with Gasteiger partial charge in [-0.05, 0) is 25.5 Å². The molecule has 1 aliphatic rings. The second-order valence-corrected chi connectivity index (χ2v) is 5.91. The molecule has 0 radical (unpaired) electrons. The Morgan fingerprint density at radius 2 is 2.26 bits per heavy atom. The fraction of sp³-hybridized carbons (Fsp3) is 0.643. The molecule has 23 heavy (non-hydrogen) atoms. The van der Waals surface area contributed by atoms with E-state index in [1.165, 1.54) is 18.1 Å². The van der Waals surface area contributed by atoms with Gasteiger partial charge in [-0.1, -0.05) is 0 Å². The Morgan fingerprint density at radius 3 is 2.87 bits per heavy atom. The van der Waals surface area contributed by atoms with Gasteiger partial charge in [0.2, 0.25) is 0 Å². The molecule has 0 aromatic carbocycles. The first-order chi connectivity index (χ1) is 10.7. The fourth-order valence-electron chi connectivity index (χ4n) is 2.51. The standard InChI is InChI=1S/C14H20F3N3O3/c1-13(22,11-3-2-6-23-11)8-18-12(21)19-10-4-5-20(7-10)9-14(15,16)17/h2-3,6,10,22H,4-5,7-9H2,1H3,(H2,18,19,21)/t10-,13-/m1/s1. The molecule has 0 aliphatic carbocycles. The minimum absolute atomic E-state index is 0.0780. The number of rotatable bonds is 5. The van der Waals surface area contributed by atoms with Crippen LogP contribution in [0.1, 0.15) is 19.1 Å². The van der Waals surface area contributed by atoms with Crippen molar-refractivity contribution in [3.05, 3.63) is 24.2 Å². The van der Waals surface area contributed by atoms with Gasteiger partial charge in [0.1, 0.15) is 11.4 Å². The summed E-state index contributed by atoms with van der Waals surface area (Å²) in [5, 5.41) is 15.3. The highest BCUT2D eigenvalue weighted by Gasteiger charge is 2.35. The summed E-state index contributed by atoms with van der Waals surface area (Å²) < 4.78 is 42.0. The summed E-state index contributed by atoms with van der Waals surface area (Å²) in [6.45, 7) is 0.883. The SMILES string of the molecule is C[C@@](O)(CNC(=O)N[C@@H]1CCN(CC(F)(F)F)C1)c1ccco1. The monoisotopic (exact) mass is 335 g/mol. The highest BCUT2D eigenvalue weighted by Crippen LogP contribution is 2.21. The van der Waals surface area contributed by atoms with E-state index in [2.05, 4.69) is 10.6 Å². The predicted molar refractivity (Wildman–Crippen MR) is 75.7 cm³/mol. The molecule has 0 unspecified atom stereocenters. The Morgan fingerprint density at radius 1 is 1.52 bits per heavy atom. The number of aliphatic hydroxyl groups is 1. The second kappa shape index (κ2) is 6.79. The molecular weight excluding hydrogens is 315 g/mol. The van der Waals surface area contributed by atoms with E-state index in [4.69, 9.17) is 4.42 Å². The highest BCUT2D eigenvalue weighted by atomic mass is 19.4. The average Bonchev–Trinajstić information content (AvgIpc) is 3.06. The molecule has 9 heteroatoms. The summed E-state index contributed by atoms with van der Waals surface area (Å²) in [5.74, 6) is 0.315. The van der Waals surface area contributed by atoms with Gasteiger partial charge >= 0.3 is 12.2 Å². The maximum atomic E-state index is 12.3. The summed E-state index contributed by atoms with van der Waals surface area (Å²) in [6, 6.07) is 2.34. The molecule has 1 aliphatic heterocycles. The molecule has 0 saturated carbocycles. The van der Waals surface area contributed by atoms with Crippen molar-refractivity contribution in [1.82, 2.24) is 15.5 Å². The number of nitrogens with zero attached hydrogens (tertiary/aromatic N) is 1. The van der Waals surface area contributed by atoms with E-state index in [1.807, 2.05) is 0 Å². The molecule has 2 amide bonds. The number of likely N-dealkylation sites (tertiary alicyclic amines) is 1. The molecule has 2 atom stereocenters. The van der Waals surface area contributed by atoms with Gasteiger partial charge in [0, 0.05) is 19.1 Å². The lowest BCUT2D eigenvalue weighted by molar-refractivity contribution is -0.143. The van der Waals surface area contributed by atoms with Gasteiger partial charge in [-0.3, -0.25) is 4.90 Å². The number of hydrogen-bond acceptors (Lipinski definition) is 4. The molecule has 3 N–H and O–H groups in total. The molecule has 1 saturated heterocycles. The van der Waals surface area contributed by atoms with Crippen LogP contribution in [-0.2, 0) is 5.60 Å². The first-order valence-corrected chi connectivity index (χ1v) is 7.25. The summed E-state index contributed by atoms with van der Waals surface area (Å²) in [4.78, 5) is 13.1. The molecule has 2 heterocycles. The zero-order valence-corrected chi connectivity index (χ0v) is 12.7. The van der Waals surface area contributed by atoms with Crippen LogP contribution in [0.2, 0.25) is 0 Å². The van der Waals surface area contributed by atoms with Crippen molar-refractivity contribution >= 4 is 6.03 Å². The van der Waals surface area contributed by atoms with Gasteiger partial charge in [0.15, 0.2) is 0 Å². The molecule has 1 fully saturated rings. The number of furan rings is 1. The van der Waals surface area contributed by atoms with Gasteiger partial charge in [-0.25, -0.2) is 4.79 Å². The van der Waals surface area contributed by atoms with Crippen LogP contribution in [0.15, 0.2) is 22.8 Å². The smallest absolute Gasteiger partial charge is 0.401 e. The van der Waals surface area contributed by atoms with Crippen LogP contribution in [0.5, 0.6) is 0 Å². The number of halogens is 3. The van der Waals surface area contributed by atoms with Crippen molar-refractivity contribution in [2.24, 2.45) is 0 Å². The van der Waals surface area contributed by atoms with E-state index in [9.17, 15) is 23.1 Å². The fourth-order valence-corrected chi connectivity index (χ4v) is 2.51. The Hall–Kier alpha value is -1.74. The minimum Gasteiger partial charge on any atom is -0.466 e. The number of nitrogens with one attached hydrogen (secondary N) is 2. The number of carbonyl (C=O) groups excluding carboxylic acids is 1. The van der Waals surface area contributed by atoms with Gasteiger partial charge in [-0.15, -0.1) is 0 Å². The van der Waals surface area contributed by atoms with Crippen LogP contribution in [0.3, 0.4) is 0 Å². The van der Waals surface area contributed by atoms with Crippen molar-refractivity contribution in [3.63, 3.8) is 0 Å². The maximum absolute atomic E-state index is 12.3. The van der Waals surface area contributed by atoms with Crippen molar-refractivity contribution in [2.75, 3.05) is 26.2 Å². The van der Waals surface area contributed by atoms with Gasteiger partial charge in [0.05, 0.1) is 19.4 Å². The number of alkyl halides is 3. The number of carbonyl (C=O) groups is 1. The molecule has 1 aromatic heterocycles. The summed E-state index contributed by atoms with van der Waals surface area (Å²) in [5.41, 5.74) is -1.36. The molecule has 130 valence electrons. The van der Waals surface area contributed by atoms with Crippen LogP contribution >= 0.6 is 0 Å². The molecule has 0 bridgehead atoms. The van der Waals surface area contributed by atoms with Crippen LogP contribution in [0.4, 0.5) is 18.0 Å². The van der Waals surface area contributed by atoms with E-state index < -0.39 is 24.4 Å². The van der Waals surface area contributed by atoms with E-state index in [-0.39, 0.29) is 25.7 Å². The predicted octanol–water partition coefficient (Wildman–Crippen LogP) is 1.42. The third-order valence-electron chi connectivity index (χ3n) is 3.66. The average molecular weight is 335 g/mol. The lowest BCUT2D eigenvalue weighted by Gasteiger charge is -2.22. The van der Waals surface area contributed by atoms with Gasteiger partial charge in [-0.2, -0.15) is 13.2 Å². The van der Waals surface area contributed by atoms with Crippen LogP contribution in [0.25, 0.3) is 0 Å². The summed E-state index contributed by atoms with van der Waals surface area (Å²) in [6.07, 6.45) is -2.37. The Bertz CT molecular complexity index is 517. The molecule has 0 spiro atoms. The second-order valence-electron chi connectivity index (χ2n) is 5.91. The van der Waals surface area contributed by atoms with Crippen molar-refractivity contribution < 1.29 is 27.5 Å². The van der Waals surface area contributed by atoms with Crippen LogP contribution < -0.4 is 10.6 Å². The normalized spacial score (nSPS) is 21.9. The summed E-state index contributed by atoms with van der Waals surface area (Å²) in [7, 11) is 0. The highest BCUT2D eigenvalue weighted by molar-refractivity contribution is 5.74. The minimum atomic E-state index is -4.24. The topological polar surface area (TPSA) is 77.7 Å². The summed E-state index contributed by atoms with van der Waals surface area (Å²) >= 11 is 0. The van der Waals surface area contributed by atoms with Crippen LogP contribution in [0, 0.1) is 0 Å². The Balaban J connectivity index is 1.74. The lowest BCUT2D eigenvalue weighted by atomic mass is 10.0. The molecule has 6 nitrogen and oxygen atoms in total. The molecular formula is C14H20F3N3O3. The quantitative estimate of drug-likeness (QED) is 0.761. The van der Waals surface area contributed by atoms with Gasteiger partial charge < -0.3 is 20.2 Å². The van der Waals surface area contributed by atoms with Crippen molar-refractivity contribution in [2.45, 2.75) is 31.2 Å². The number of hydrogen-bond donors (Lipinski definition) is 3. The van der Waals surface area contributed by atoms with Gasteiger partial charge in [0.25, 0.3) is 0 Å². The number of urea groups is 1. The van der Waals surface area contributed by atoms with Crippen molar-refractivity contribution in [1.29, 1.82) is 0 Å². The van der Waals surface area contributed by atoms with E-state index in [1.54, 1.807) is 12.1 Å². The van der Waals surface area contributed by atoms with E-state index in [0.29, 0.717) is 12.2 Å². The Kier molecular flexibility index (Phi) is 5.20. The third-order valence-corrected chi connectivity index (χ3v) is 3.66. The number of amides is 2. The Labute approximate surface area is 131 Å². The zero-order valence-electron chi connectivity index (χ0n) is 12.7. The van der Waals surface area contributed by atoms with Crippen LogP contribution in [-0.4, -0.2) is 54.4 Å². The molecule has 2 rings (SSSR count). The van der Waals surface area contributed by atoms with E-state index in [0.717, 1.165) is 0 Å². The van der Waals surface area contributed by atoms with E-state index >= 15 is 0 Å². The first kappa shape index (κ1) is 17.6. The first-order valence-electron chi connectivity index (χ1n) is 7.25. The lowest BCUT2D eigenvalue weighted by Crippen LogP contribution is -2.47. The third kappa shape index (κ3) is 5.43. The maximum Gasteiger partial charge on any atom is 0.401 e. The van der Waals surface area contributed by atoms with Crippen molar-refractivity contribution in [3.8, 4) is 0 Å². The zero-order chi connectivity index (χ0) is 17.1. The molecule has 1 aromatic rings. The largest absolute Gasteiger partial charge is 0.466 e.